The number of hydrogen-bond acceptors (Lipinski definition) is 6. The minimum Gasteiger partial charge on any atom is -0.379 e. The van der Waals surface area contributed by atoms with E-state index in [0.29, 0.717) is 0 Å². The summed E-state index contributed by atoms with van der Waals surface area (Å²) in [6.45, 7) is 3.70. The van der Waals surface area contributed by atoms with Crippen LogP contribution in [0.25, 0.3) is 0 Å². The van der Waals surface area contributed by atoms with Crippen LogP contribution in [-0.4, -0.2) is 47.3 Å². The normalized spacial score (nSPS) is 14.9. The largest absolute Gasteiger partial charge is 0.379 e. The van der Waals surface area contributed by atoms with E-state index in [-0.39, 0.29) is 24.5 Å². The van der Waals surface area contributed by atoms with E-state index in [1.807, 2.05) is 61.7 Å². The Kier molecular flexibility index (Phi) is 9.74. The maximum absolute atomic E-state index is 13.4. The van der Waals surface area contributed by atoms with Gasteiger partial charge in [0.2, 0.25) is 11.8 Å². The first-order chi connectivity index (χ1) is 15.2. The van der Waals surface area contributed by atoms with Crippen molar-refractivity contribution in [2.24, 2.45) is 17.6 Å². The minimum atomic E-state index is -2.05. The van der Waals surface area contributed by atoms with Crippen LogP contribution in [0.2, 0.25) is 0 Å². The molecule has 0 radical (unpaired) electrons. The Bertz CT molecular complexity index is 890. The maximum Gasteiger partial charge on any atom is 0.253 e. The number of benzene rings is 1. The van der Waals surface area contributed by atoms with Crippen LogP contribution in [0, 0.1) is 11.8 Å². The summed E-state index contributed by atoms with van der Waals surface area (Å²) in [5, 5.41) is 18.7. The molecule has 2 aromatic rings. The molecule has 1 aromatic carbocycles. The van der Waals surface area contributed by atoms with Crippen molar-refractivity contribution in [3.05, 3.63) is 53.4 Å². The van der Waals surface area contributed by atoms with Gasteiger partial charge in [0.1, 0.15) is 6.04 Å². The fraction of sp³-hybridized carbons (Fsp3) is 0.435. The third kappa shape index (κ3) is 7.08. The molecule has 0 aliphatic carbocycles. The van der Waals surface area contributed by atoms with Crippen molar-refractivity contribution < 1.29 is 19.5 Å². The van der Waals surface area contributed by atoms with Gasteiger partial charge in [-0.25, -0.2) is 0 Å². The van der Waals surface area contributed by atoms with Crippen LogP contribution in [0.1, 0.15) is 25.8 Å². The van der Waals surface area contributed by atoms with Gasteiger partial charge in [-0.2, -0.15) is 0 Å². The highest BCUT2D eigenvalue weighted by Gasteiger charge is 2.48. The summed E-state index contributed by atoms with van der Waals surface area (Å²) < 4.78 is 0.955. The van der Waals surface area contributed by atoms with Crippen LogP contribution in [0.5, 0.6) is 0 Å². The van der Waals surface area contributed by atoms with E-state index in [9.17, 15) is 19.5 Å². The molecule has 3 atom stereocenters. The number of carbonyl (C=O) groups excluding carboxylic acids is 3. The van der Waals surface area contributed by atoms with Gasteiger partial charge in [0.05, 0.1) is 10.1 Å². The van der Waals surface area contributed by atoms with Crippen LogP contribution in [-0.2, 0) is 20.8 Å². The average molecular weight is 478 g/mol. The zero-order valence-electron chi connectivity index (χ0n) is 18.5. The van der Waals surface area contributed by atoms with Crippen molar-refractivity contribution in [3.8, 4) is 0 Å². The SMILES string of the molecule is CNC(=O)[C@H](Cc1ccccc1)NC(=O)C(O)(CC(C)C)C(CSc1cccs1)C(N)=O. The Morgan fingerprint density at radius 2 is 1.84 bits per heavy atom. The molecule has 0 bridgehead atoms. The predicted molar refractivity (Wildman–Crippen MR) is 128 cm³/mol. The van der Waals surface area contributed by atoms with Gasteiger partial charge in [-0.1, -0.05) is 50.2 Å². The molecule has 2 rings (SSSR count). The van der Waals surface area contributed by atoms with Crippen molar-refractivity contribution in [1.82, 2.24) is 10.6 Å². The summed E-state index contributed by atoms with van der Waals surface area (Å²) in [6, 6.07) is 12.1. The van der Waals surface area contributed by atoms with Crippen LogP contribution in [0.15, 0.2) is 52.1 Å². The standard InChI is InChI=1S/C23H31N3O4S2/c1-15(2)13-23(30,17(20(24)27)14-32-19-10-7-11-31-19)22(29)26-18(21(28)25-3)12-16-8-5-4-6-9-16/h4-11,15,17-18,30H,12-14H2,1-3H3,(H2,24,27)(H,25,28)(H,26,29)/t17?,18-,23?/m0/s1. The van der Waals surface area contributed by atoms with Gasteiger partial charge in [0.15, 0.2) is 5.60 Å². The van der Waals surface area contributed by atoms with E-state index >= 15 is 0 Å². The fourth-order valence-electron chi connectivity index (χ4n) is 3.50. The number of rotatable bonds is 12. The topological polar surface area (TPSA) is 122 Å². The Balaban J connectivity index is 2.28. The zero-order valence-corrected chi connectivity index (χ0v) is 20.2. The maximum atomic E-state index is 13.4. The van der Waals surface area contributed by atoms with Gasteiger partial charge in [-0.3, -0.25) is 14.4 Å². The first-order valence-corrected chi connectivity index (χ1v) is 12.3. The molecule has 7 nitrogen and oxygen atoms in total. The highest BCUT2D eigenvalue weighted by molar-refractivity contribution is 8.01. The lowest BCUT2D eigenvalue weighted by Crippen LogP contribution is -2.61. The van der Waals surface area contributed by atoms with Crippen molar-refractivity contribution in [2.45, 2.75) is 42.5 Å². The predicted octanol–water partition coefficient (Wildman–Crippen LogP) is 2.19. The van der Waals surface area contributed by atoms with Gasteiger partial charge in [-0.05, 0) is 29.3 Å². The molecule has 1 aromatic heterocycles. The highest BCUT2D eigenvalue weighted by atomic mass is 32.2. The van der Waals surface area contributed by atoms with Crippen LogP contribution >= 0.6 is 23.1 Å². The molecule has 9 heteroatoms. The van der Waals surface area contributed by atoms with Crippen molar-refractivity contribution in [1.29, 1.82) is 0 Å². The average Bonchev–Trinajstić information content (AvgIpc) is 3.26. The summed E-state index contributed by atoms with van der Waals surface area (Å²) in [6.07, 6.45) is 0.276. The Labute approximate surface area is 197 Å². The van der Waals surface area contributed by atoms with Crippen LogP contribution in [0.3, 0.4) is 0 Å². The number of thioether (sulfide) groups is 1. The number of carbonyl (C=O) groups is 3. The summed E-state index contributed by atoms with van der Waals surface area (Å²) in [5.74, 6) is -2.99. The Morgan fingerprint density at radius 3 is 2.38 bits per heavy atom. The van der Waals surface area contributed by atoms with Gasteiger partial charge in [0, 0.05) is 19.2 Å². The monoisotopic (exact) mass is 477 g/mol. The molecule has 0 fully saturated rings. The molecule has 0 saturated carbocycles. The summed E-state index contributed by atoms with van der Waals surface area (Å²) in [4.78, 5) is 38.2. The minimum absolute atomic E-state index is 0.0310. The summed E-state index contributed by atoms with van der Waals surface area (Å²) in [7, 11) is 1.48. The van der Waals surface area contributed by atoms with Gasteiger partial charge < -0.3 is 21.5 Å². The molecular formula is C23H31N3O4S2. The lowest BCUT2D eigenvalue weighted by molar-refractivity contribution is -0.154. The molecule has 32 heavy (non-hydrogen) atoms. The van der Waals surface area contributed by atoms with Crippen molar-refractivity contribution in [2.75, 3.05) is 12.8 Å². The third-order valence-electron chi connectivity index (χ3n) is 5.07. The van der Waals surface area contributed by atoms with E-state index < -0.39 is 35.3 Å². The first-order valence-electron chi connectivity index (χ1n) is 10.4. The molecule has 0 saturated heterocycles. The van der Waals surface area contributed by atoms with Crippen molar-refractivity contribution in [3.63, 3.8) is 0 Å². The lowest BCUT2D eigenvalue weighted by Gasteiger charge is -2.35. The van der Waals surface area contributed by atoms with Gasteiger partial charge in [0.25, 0.3) is 5.91 Å². The molecule has 174 valence electrons. The Hall–Kier alpha value is -2.36. The number of likely N-dealkylation sites (N-methyl/N-ethyl adjacent to an activating group) is 1. The molecule has 0 aliphatic rings. The second-order valence-corrected chi connectivity index (χ2v) is 10.3. The quantitative estimate of drug-likeness (QED) is 0.349. The number of hydrogen-bond donors (Lipinski definition) is 4. The van der Waals surface area contributed by atoms with Crippen molar-refractivity contribution >= 4 is 40.8 Å². The van der Waals surface area contributed by atoms with Gasteiger partial charge in [-0.15, -0.1) is 23.1 Å². The molecule has 0 spiro atoms. The fourth-order valence-corrected chi connectivity index (χ4v) is 5.54. The lowest BCUT2D eigenvalue weighted by atomic mass is 9.80. The van der Waals surface area contributed by atoms with E-state index in [1.54, 1.807) is 0 Å². The van der Waals surface area contributed by atoms with E-state index in [0.717, 1.165) is 9.77 Å². The van der Waals surface area contributed by atoms with Crippen LogP contribution < -0.4 is 16.4 Å². The van der Waals surface area contributed by atoms with Gasteiger partial charge >= 0.3 is 0 Å². The van der Waals surface area contributed by atoms with E-state index in [4.69, 9.17) is 5.73 Å². The molecule has 3 amide bonds. The number of primary amides is 1. The smallest absolute Gasteiger partial charge is 0.253 e. The van der Waals surface area contributed by atoms with E-state index in [2.05, 4.69) is 10.6 Å². The number of amides is 3. The second kappa shape index (κ2) is 12.0. The van der Waals surface area contributed by atoms with Crippen LogP contribution in [0.4, 0.5) is 0 Å². The summed E-state index contributed by atoms with van der Waals surface area (Å²) in [5.41, 5.74) is 4.45. The highest BCUT2D eigenvalue weighted by Crippen LogP contribution is 2.33. The summed E-state index contributed by atoms with van der Waals surface area (Å²) >= 11 is 2.87. The number of thiophene rings is 1. The number of aliphatic hydroxyl groups is 1. The zero-order chi connectivity index (χ0) is 23.7. The third-order valence-corrected chi connectivity index (χ3v) is 7.30. The molecular weight excluding hydrogens is 446 g/mol. The molecule has 2 unspecified atom stereocenters. The van der Waals surface area contributed by atoms with E-state index in [1.165, 1.54) is 30.1 Å². The number of nitrogens with two attached hydrogens (primary N) is 1. The molecule has 5 N–H and O–H groups in total. The first kappa shape index (κ1) is 25.9. The molecule has 0 aliphatic heterocycles. The molecule has 1 heterocycles. The Morgan fingerprint density at radius 1 is 1.16 bits per heavy atom. The second-order valence-electron chi connectivity index (χ2n) is 8.05. The number of nitrogens with one attached hydrogen (secondary N) is 2.